The zero-order valence-corrected chi connectivity index (χ0v) is 18.9. The van der Waals surface area contributed by atoms with E-state index in [1.807, 2.05) is 0 Å². The number of nitrogens with two attached hydrogens (primary N) is 1. The molecule has 0 spiro atoms. The lowest BCUT2D eigenvalue weighted by atomic mass is 10.0. The van der Waals surface area contributed by atoms with E-state index in [-0.39, 0.29) is 18.1 Å². The third kappa shape index (κ3) is 5.59. The molecule has 1 fully saturated rings. The summed E-state index contributed by atoms with van der Waals surface area (Å²) in [6, 6.07) is 8.50. The Morgan fingerprint density at radius 3 is 2.97 bits per heavy atom. The molecule has 0 saturated carbocycles. The molecule has 1 aliphatic heterocycles. The average Bonchev–Trinajstić information content (AvgIpc) is 2.81. The predicted molar refractivity (Wildman–Crippen MR) is 123 cm³/mol. The molecule has 1 aromatic heterocycles. The fraction of sp³-hybridized carbons (Fsp3) is 0.409. The maximum atomic E-state index is 12.9. The van der Waals surface area contributed by atoms with Crippen LogP contribution in [0.4, 0.5) is 11.5 Å². The first kappa shape index (κ1) is 23.6. The summed E-state index contributed by atoms with van der Waals surface area (Å²) in [6.07, 6.45) is 2.21. The van der Waals surface area contributed by atoms with Crippen LogP contribution in [0, 0.1) is 11.3 Å². The number of anilines is 2. The van der Waals surface area contributed by atoms with Crippen LogP contribution in [0.25, 0.3) is 0 Å². The number of aromatic nitrogens is 1. The molecule has 1 aliphatic rings. The fourth-order valence-electron chi connectivity index (χ4n) is 3.72. The summed E-state index contributed by atoms with van der Waals surface area (Å²) in [7, 11) is 3.12. The number of methoxy groups -OCH3 is 2. The van der Waals surface area contributed by atoms with Crippen LogP contribution in [0.2, 0.25) is 5.02 Å². The third-order valence-corrected chi connectivity index (χ3v) is 5.80. The minimum Gasteiger partial charge on any atom is -0.496 e. The quantitative estimate of drug-likeness (QED) is 0.513. The van der Waals surface area contributed by atoms with Gasteiger partial charge < -0.3 is 25.8 Å². The van der Waals surface area contributed by atoms with Crippen molar-refractivity contribution in [1.29, 1.82) is 5.26 Å². The van der Waals surface area contributed by atoms with Crippen LogP contribution in [-0.2, 0) is 4.74 Å². The first-order valence-corrected chi connectivity index (χ1v) is 10.6. The lowest BCUT2D eigenvalue weighted by Crippen LogP contribution is -2.55. The van der Waals surface area contributed by atoms with Gasteiger partial charge in [0.05, 0.1) is 41.1 Å². The average molecular weight is 459 g/mol. The molecule has 3 rings (SSSR count). The van der Waals surface area contributed by atoms with E-state index >= 15 is 0 Å². The Labute approximate surface area is 192 Å². The van der Waals surface area contributed by atoms with Crippen molar-refractivity contribution in [3.8, 4) is 11.8 Å². The number of pyridine rings is 1. The summed E-state index contributed by atoms with van der Waals surface area (Å²) in [5.41, 5.74) is 7.00. The van der Waals surface area contributed by atoms with E-state index in [1.165, 1.54) is 13.2 Å². The number of nitrogens with one attached hydrogen (secondary N) is 2. The fourth-order valence-corrected chi connectivity index (χ4v) is 3.88. The Morgan fingerprint density at radius 1 is 1.44 bits per heavy atom. The van der Waals surface area contributed by atoms with Crippen LogP contribution in [-0.4, -0.2) is 68.3 Å². The van der Waals surface area contributed by atoms with Crippen molar-refractivity contribution in [1.82, 2.24) is 15.2 Å². The Morgan fingerprint density at radius 2 is 2.25 bits per heavy atom. The van der Waals surface area contributed by atoms with Gasteiger partial charge in [-0.25, -0.2) is 4.98 Å². The van der Waals surface area contributed by atoms with Crippen LogP contribution in [0.3, 0.4) is 0 Å². The highest BCUT2D eigenvalue weighted by molar-refractivity contribution is 6.33. The molecule has 9 nitrogen and oxygen atoms in total. The Balaban J connectivity index is 1.56. The van der Waals surface area contributed by atoms with Gasteiger partial charge in [0.25, 0.3) is 5.91 Å². The molecule has 2 heterocycles. The molecule has 4 N–H and O–H groups in total. The summed E-state index contributed by atoms with van der Waals surface area (Å²) in [5, 5.41) is 15.7. The normalized spacial score (nSPS) is 18.6. The van der Waals surface area contributed by atoms with E-state index < -0.39 is 0 Å². The van der Waals surface area contributed by atoms with Crippen LogP contribution < -0.4 is 21.1 Å². The van der Waals surface area contributed by atoms with E-state index in [2.05, 4.69) is 26.6 Å². The molecular formula is C22H27ClN6O3. The molecule has 170 valence electrons. The molecular weight excluding hydrogens is 432 g/mol. The van der Waals surface area contributed by atoms with Crippen LogP contribution >= 0.6 is 11.6 Å². The number of hydrogen-bond donors (Lipinski definition) is 3. The number of carbonyl (C=O) groups is 1. The number of nitriles is 1. The predicted octanol–water partition coefficient (Wildman–Crippen LogP) is 2.13. The second-order valence-corrected chi connectivity index (χ2v) is 7.86. The largest absolute Gasteiger partial charge is 0.496 e. The zero-order valence-electron chi connectivity index (χ0n) is 18.1. The number of halogens is 1. The Hall–Kier alpha value is -3.06. The van der Waals surface area contributed by atoms with Crippen molar-refractivity contribution in [2.45, 2.75) is 18.6 Å². The number of carbonyl (C=O) groups excluding carboxylic acids is 1. The molecule has 2 atom stereocenters. The highest BCUT2D eigenvalue weighted by atomic mass is 35.5. The van der Waals surface area contributed by atoms with Crippen LogP contribution in [0.15, 0.2) is 30.5 Å². The molecule has 0 bridgehead atoms. The third-order valence-electron chi connectivity index (χ3n) is 5.47. The van der Waals surface area contributed by atoms with E-state index in [0.29, 0.717) is 46.5 Å². The minimum absolute atomic E-state index is 0.154. The van der Waals surface area contributed by atoms with E-state index in [9.17, 15) is 4.79 Å². The highest BCUT2D eigenvalue weighted by Crippen LogP contribution is 2.29. The number of nitrogens with zero attached hydrogens (tertiary/aromatic N) is 3. The van der Waals surface area contributed by atoms with Gasteiger partial charge in [-0.05, 0) is 24.6 Å². The summed E-state index contributed by atoms with van der Waals surface area (Å²) in [5.74, 6) is 0.662. The summed E-state index contributed by atoms with van der Waals surface area (Å²) >= 11 is 6.10. The number of piperidine rings is 1. The topological polar surface area (TPSA) is 126 Å². The van der Waals surface area contributed by atoms with Crippen molar-refractivity contribution in [3.05, 3.63) is 46.6 Å². The SMILES string of the molecule is COc1cc(N)c(Cl)cc1C(=O)N[C@H]1CCN(CCNc2ncccc2C#N)C[C@H]1OC. The summed E-state index contributed by atoms with van der Waals surface area (Å²) < 4.78 is 10.9. The number of hydrogen-bond acceptors (Lipinski definition) is 8. The summed E-state index contributed by atoms with van der Waals surface area (Å²) in [6.45, 7) is 2.85. The molecule has 2 aromatic rings. The second kappa shape index (κ2) is 11.0. The van der Waals surface area contributed by atoms with Crippen molar-refractivity contribution < 1.29 is 14.3 Å². The number of nitrogen functional groups attached to an aromatic ring is 1. The van der Waals surface area contributed by atoms with Crippen molar-refractivity contribution >= 4 is 29.0 Å². The number of rotatable bonds is 8. The van der Waals surface area contributed by atoms with Gasteiger partial charge >= 0.3 is 0 Å². The maximum absolute atomic E-state index is 12.9. The van der Waals surface area contributed by atoms with Gasteiger partial charge in [-0.1, -0.05) is 11.6 Å². The van der Waals surface area contributed by atoms with Crippen LogP contribution in [0.5, 0.6) is 5.75 Å². The molecule has 0 unspecified atom stereocenters. The zero-order chi connectivity index (χ0) is 23.1. The highest BCUT2D eigenvalue weighted by Gasteiger charge is 2.31. The molecule has 1 saturated heterocycles. The second-order valence-electron chi connectivity index (χ2n) is 7.46. The molecule has 0 radical (unpaired) electrons. The van der Waals surface area contributed by atoms with E-state index in [1.54, 1.807) is 31.5 Å². The van der Waals surface area contributed by atoms with Gasteiger partial charge in [-0.3, -0.25) is 9.69 Å². The van der Waals surface area contributed by atoms with Gasteiger partial charge in [0.1, 0.15) is 17.6 Å². The van der Waals surface area contributed by atoms with Crippen LogP contribution in [0.1, 0.15) is 22.3 Å². The standard InChI is InChI=1S/C22H27ClN6O3/c1-31-19-11-17(25)16(23)10-15(19)22(30)28-18-5-8-29(13-20(18)32-2)9-7-27-21-14(12-24)4-3-6-26-21/h3-4,6,10-11,18,20H,5,7-9,13,25H2,1-2H3,(H,26,27)(H,28,30)/t18-,20+/m0/s1. The van der Waals surface area contributed by atoms with Gasteiger partial charge in [0.2, 0.25) is 0 Å². The van der Waals surface area contributed by atoms with Crippen molar-refractivity contribution in [3.63, 3.8) is 0 Å². The molecule has 0 aliphatic carbocycles. The lowest BCUT2D eigenvalue weighted by Gasteiger charge is -2.38. The van der Waals surface area contributed by atoms with Gasteiger partial charge in [-0.2, -0.15) is 5.26 Å². The number of likely N-dealkylation sites (tertiary alicyclic amines) is 1. The van der Waals surface area contributed by atoms with Crippen molar-refractivity contribution in [2.24, 2.45) is 0 Å². The van der Waals surface area contributed by atoms with Gasteiger partial charge in [0.15, 0.2) is 0 Å². The van der Waals surface area contributed by atoms with Crippen molar-refractivity contribution in [2.75, 3.05) is 51.4 Å². The summed E-state index contributed by atoms with van der Waals surface area (Å²) in [4.78, 5) is 19.3. The monoisotopic (exact) mass is 458 g/mol. The molecule has 10 heteroatoms. The first-order chi connectivity index (χ1) is 15.5. The van der Waals surface area contributed by atoms with Gasteiger partial charge in [0, 0.05) is 45.6 Å². The molecule has 1 aromatic carbocycles. The minimum atomic E-state index is -0.287. The van der Waals surface area contributed by atoms with E-state index in [4.69, 9.17) is 32.1 Å². The molecule has 1 amide bonds. The maximum Gasteiger partial charge on any atom is 0.255 e. The Bertz CT molecular complexity index is 996. The first-order valence-electron chi connectivity index (χ1n) is 10.2. The molecule has 32 heavy (non-hydrogen) atoms. The number of benzene rings is 1. The van der Waals surface area contributed by atoms with E-state index in [0.717, 1.165) is 19.5 Å². The smallest absolute Gasteiger partial charge is 0.255 e. The lowest BCUT2D eigenvalue weighted by molar-refractivity contribution is 0.00762. The Kier molecular flexibility index (Phi) is 8.11. The van der Waals surface area contributed by atoms with Gasteiger partial charge in [-0.15, -0.1) is 0 Å². The number of ether oxygens (including phenoxy) is 2. The number of amides is 1.